The fourth-order valence-electron chi connectivity index (χ4n) is 1.55. The van der Waals surface area contributed by atoms with E-state index in [-0.39, 0.29) is 5.75 Å². The molecule has 0 aliphatic heterocycles. The zero-order valence-corrected chi connectivity index (χ0v) is 12.1. The Morgan fingerprint density at radius 2 is 1.95 bits per heavy atom. The van der Waals surface area contributed by atoms with Gasteiger partial charge in [-0.2, -0.15) is 5.48 Å². The summed E-state index contributed by atoms with van der Waals surface area (Å²) in [7, 11) is 0. The number of rotatable bonds is 5. The van der Waals surface area contributed by atoms with E-state index in [4.69, 9.17) is 15.3 Å². The monoisotopic (exact) mass is 282 g/mol. The van der Waals surface area contributed by atoms with Gasteiger partial charge in [0, 0.05) is 0 Å². The van der Waals surface area contributed by atoms with Gasteiger partial charge in [0.1, 0.15) is 17.5 Å². The zero-order valence-electron chi connectivity index (χ0n) is 12.1. The summed E-state index contributed by atoms with van der Waals surface area (Å²) in [6.07, 6.45) is -0.521. The lowest BCUT2D eigenvalue weighted by atomic mass is 10.1. The van der Waals surface area contributed by atoms with Gasteiger partial charge in [0.25, 0.3) is 0 Å². The molecular weight excluding hydrogens is 260 g/mol. The molecule has 1 amide bonds. The molecule has 0 saturated heterocycles. The molecule has 6 heteroatoms. The Morgan fingerprint density at radius 1 is 1.35 bits per heavy atom. The predicted octanol–water partition coefficient (Wildman–Crippen LogP) is 2.24. The van der Waals surface area contributed by atoms with Crippen molar-refractivity contribution in [2.75, 3.05) is 6.54 Å². The Bertz CT molecular complexity index is 426. The number of carbonyl (C=O) groups excluding carboxylic acids is 1. The number of hydrogen-bond donors (Lipinski definition) is 3. The van der Waals surface area contributed by atoms with Gasteiger partial charge in [-0.15, -0.1) is 0 Å². The molecule has 1 unspecified atom stereocenters. The van der Waals surface area contributed by atoms with Crippen molar-refractivity contribution in [3.63, 3.8) is 0 Å². The number of phenols is 1. The van der Waals surface area contributed by atoms with Crippen molar-refractivity contribution in [3.8, 4) is 5.75 Å². The Balaban J connectivity index is 2.59. The fourth-order valence-corrected chi connectivity index (χ4v) is 1.55. The lowest BCUT2D eigenvalue weighted by Gasteiger charge is -2.22. The van der Waals surface area contributed by atoms with Gasteiger partial charge < -0.3 is 15.6 Å². The number of benzene rings is 1. The molecule has 0 spiro atoms. The first-order valence-electron chi connectivity index (χ1n) is 6.45. The number of aromatic hydroxyl groups is 1. The van der Waals surface area contributed by atoms with Crippen molar-refractivity contribution < 1.29 is 19.5 Å². The molecule has 0 radical (unpaired) electrons. The molecule has 0 heterocycles. The second kappa shape index (κ2) is 7.12. The third kappa shape index (κ3) is 5.90. The highest BCUT2D eigenvalue weighted by atomic mass is 16.7. The van der Waals surface area contributed by atoms with Crippen molar-refractivity contribution in [1.82, 2.24) is 5.48 Å². The summed E-state index contributed by atoms with van der Waals surface area (Å²) >= 11 is 0. The molecule has 0 aliphatic rings. The molecule has 4 N–H and O–H groups in total. The Kier molecular flexibility index (Phi) is 5.79. The highest BCUT2D eigenvalue weighted by Crippen LogP contribution is 2.22. The summed E-state index contributed by atoms with van der Waals surface area (Å²) in [5.74, 6) is 0.167. The average molecular weight is 282 g/mol. The summed E-state index contributed by atoms with van der Waals surface area (Å²) < 4.78 is 5.07. The largest absolute Gasteiger partial charge is 0.508 e. The molecule has 0 fully saturated rings. The van der Waals surface area contributed by atoms with Gasteiger partial charge in [0.15, 0.2) is 0 Å². The smallest absolute Gasteiger partial charge is 0.431 e. The van der Waals surface area contributed by atoms with E-state index in [1.54, 1.807) is 45.0 Å². The van der Waals surface area contributed by atoms with Crippen LogP contribution in [-0.2, 0) is 9.57 Å². The van der Waals surface area contributed by atoms with E-state index in [1.807, 2.05) is 0 Å². The molecule has 0 bridgehead atoms. The number of phenolic OH excluding ortho intramolecular Hbond substituents is 1. The fraction of sp³-hybridized carbons (Fsp3) is 0.500. The van der Waals surface area contributed by atoms with Crippen molar-refractivity contribution in [3.05, 3.63) is 29.8 Å². The molecule has 1 aromatic carbocycles. The lowest BCUT2D eigenvalue weighted by molar-refractivity contribution is -0.0455. The lowest BCUT2D eigenvalue weighted by Crippen LogP contribution is -2.33. The normalized spacial score (nSPS) is 12.8. The minimum atomic E-state index is -0.654. The topological polar surface area (TPSA) is 93.8 Å². The Hall–Kier alpha value is -1.79. The van der Waals surface area contributed by atoms with E-state index in [2.05, 4.69) is 5.48 Å². The second-order valence-electron chi connectivity index (χ2n) is 5.38. The summed E-state index contributed by atoms with van der Waals surface area (Å²) in [5.41, 5.74) is 8.01. The number of ether oxygens (including phenoxy) is 1. The minimum absolute atomic E-state index is 0.167. The van der Waals surface area contributed by atoms with Crippen molar-refractivity contribution >= 4 is 6.09 Å². The third-order valence-electron chi connectivity index (χ3n) is 2.38. The summed E-state index contributed by atoms with van der Waals surface area (Å²) in [6.45, 7) is 5.71. The Morgan fingerprint density at radius 3 is 2.45 bits per heavy atom. The van der Waals surface area contributed by atoms with E-state index >= 15 is 0 Å². The maximum atomic E-state index is 11.5. The highest BCUT2D eigenvalue weighted by Gasteiger charge is 2.18. The number of nitrogens with one attached hydrogen (secondary N) is 1. The number of carbonyl (C=O) groups is 1. The van der Waals surface area contributed by atoms with Gasteiger partial charge in [0.2, 0.25) is 0 Å². The second-order valence-corrected chi connectivity index (χ2v) is 5.38. The number of amides is 1. The van der Waals surface area contributed by atoms with E-state index in [0.717, 1.165) is 5.56 Å². The van der Waals surface area contributed by atoms with Gasteiger partial charge in [-0.3, -0.25) is 4.84 Å². The number of hydrogen-bond acceptors (Lipinski definition) is 5. The van der Waals surface area contributed by atoms with Gasteiger partial charge in [-0.05, 0) is 51.4 Å². The van der Waals surface area contributed by atoms with Crippen LogP contribution < -0.4 is 11.2 Å². The molecule has 20 heavy (non-hydrogen) atoms. The quantitative estimate of drug-likeness (QED) is 0.720. The summed E-state index contributed by atoms with van der Waals surface area (Å²) in [5, 5.41) is 9.26. The van der Waals surface area contributed by atoms with Gasteiger partial charge in [-0.1, -0.05) is 12.1 Å². The standard InChI is InChI=1S/C14H22N2O4/c1-14(2,3)19-13(18)16-20-12(8-9-15)10-4-6-11(17)7-5-10/h4-7,12,17H,8-9,15H2,1-3H3,(H,16,18). The van der Waals surface area contributed by atoms with Crippen LogP contribution in [0.5, 0.6) is 5.75 Å². The zero-order chi connectivity index (χ0) is 15.2. The first-order chi connectivity index (χ1) is 9.31. The van der Waals surface area contributed by atoms with Crippen LogP contribution in [0.1, 0.15) is 38.9 Å². The van der Waals surface area contributed by atoms with Crippen LogP contribution in [0.25, 0.3) is 0 Å². The maximum Gasteiger partial charge on any atom is 0.431 e. The predicted molar refractivity (Wildman–Crippen MR) is 75.0 cm³/mol. The molecule has 0 aromatic heterocycles. The highest BCUT2D eigenvalue weighted by molar-refractivity contribution is 5.66. The van der Waals surface area contributed by atoms with E-state index in [0.29, 0.717) is 13.0 Å². The molecule has 112 valence electrons. The van der Waals surface area contributed by atoms with Gasteiger partial charge in [-0.25, -0.2) is 4.79 Å². The van der Waals surface area contributed by atoms with Crippen molar-refractivity contribution in [2.24, 2.45) is 5.73 Å². The molecule has 1 atom stereocenters. The number of hydroxylamine groups is 1. The van der Waals surface area contributed by atoms with Crippen molar-refractivity contribution in [1.29, 1.82) is 0 Å². The van der Waals surface area contributed by atoms with Gasteiger partial charge >= 0.3 is 6.09 Å². The molecular formula is C14H22N2O4. The SMILES string of the molecule is CC(C)(C)OC(=O)NOC(CCN)c1ccc(O)cc1. The van der Waals surface area contributed by atoms with E-state index in [9.17, 15) is 9.90 Å². The van der Waals surface area contributed by atoms with Gasteiger partial charge in [0.05, 0.1) is 0 Å². The first kappa shape index (κ1) is 16.3. The molecule has 0 aliphatic carbocycles. The molecule has 1 aromatic rings. The summed E-state index contributed by atoms with van der Waals surface area (Å²) in [4.78, 5) is 16.9. The Labute approximate surface area is 118 Å². The van der Waals surface area contributed by atoms with Crippen LogP contribution >= 0.6 is 0 Å². The molecule has 1 rings (SSSR count). The van der Waals surface area contributed by atoms with Crippen LogP contribution in [0.4, 0.5) is 4.79 Å². The van der Waals surface area contributed by atoms with Crippen LogP contribution in [0, 0.1) is 0 Å². The maximum absolute atomic E-state index is 11.5. The third-order valence-corrected chi connectivity index (χ3v) is 2.38. The van der Waals surface area contributed by atoms with E-state index < -0.39 is 17.8 Å². The van der Waals surface area contributed by atoms with Crippen LogP contribution in [0.3, 0.4) is 0 Å². The average Bonchev–Trinajstić information content (AvgIpc) is 2.33. The molecule has 6 nitrogen and oxygen atoms in total. The van der Waals surface area contributed by atoms with E-state index in [1.165, 1.54) is 0 Å². The summed E-state index contributed by atoms with van der Waals surface area (Å²) in [6, 6.07) is 6.53. The van der Waals surface area contributed by atoms with Crippen molar-refractivity contribution in [2.45, 2.75) is 38.9 Å². The van der Waals surface area contributed by atoms with Crippen LogP contribution in [0.15, 0.2) is 24.3 Å². The van der Waals surface area contributed by atoms with Crippen LogP contribution in [0.2, 0.25) is 0 Å². The molecule has 0 saturated carbocycles. The minimum Gasteiger partial charge on any atom is -0.508 e. The van der Waals surface area contributed by atoms with Crippen LogP contribution in [-0.4, -0.2) is 23.3 Å². The first-order valence-corrected chi connectivity index (χ1v) is 6.45. The number of nitrogens with two attached hydrogens (primary N) is 1.